The number of aromatic amines is 1. The lowest BCUT2D eigenvalue weighted by molar-refractivity contribution is 0.0751. The van der Waals surface area contributed by atoms with Crippen molar-refractivity contribution in [2.45, 2.75) is 71.8 Å². The van der Waals surface area contributed by atoms with Crippen molar-refractivity contribution < 1.29 is 14.3 Å². The normalized spacial score (nSPS) is 15.8. The van der Waals surface area contributed by atoms with Gasteiger partial charge < -0.3 is 15.0 Å². The minimum Gasteiger partial charge on any atom is -0.399 e. The number of fused-ring (bicyclic) bond motifs is 1. The van der Waals surface area contributed by atoms with Gasteiger partial charge >= 0.3 is 6.09 Å². The van der Waals surface area contributed by atoms with E-state index in [0.717, 1.165) is 43.4 Å². The molecule has 1 aliphatic carbocycles. The second-order valence-electron chi connectivity index (χ2n) is 8.77. The Morgan fingerprint density at radius 1 is 1.22 bits per heavy atom. The molecule has 3 aromatic rings. The molecule has 3 aromatic heterocycles. The second-order valence-corrected chi connectivity index (χ2v) is 9.82. The Balaban J connectivity index is 1.55. The summed E-state index contributed by atoms with van der Waals surface area (Å²) < 4.78 is 5.44. The number of carbonyl (C=O) groups excluding carboxylic acids is 2. The fourth-order valence-electron chi connectivity index (χ4n) is 4.36. The average Bonchev–Trinajstić information content (AvgIpc) is 3.44. The van der Waals surface area contributed by atoms with Crippen LogP contribution in [0.2, 0.25) is 0 Å². The van der Waals surface area contributed by atoms with Gasteiger partial charge in [-0.15, -0.1) is 0 Å². The molecule has 3 heterocycles. The number of H-pyrrole nitrogens is 1. The van der Waals surface area contributed by atoms with Crippen molar-refractivity contribution >= 4 is 34.4 Å². The van der Waals surface area contributed by atoms with Gasteiger partial charge in [-0.05, 0) is 37.8 Å². The highest BCUT2D eigenvalue weighted by atomic mass is 32.1. The summed E-state index contributed by atoms with van der Waals surface area (Å²) in [7, 11) is 0. The number of carbonyl (C=O) groups is 2. The van der Waals surface area contributed by atoms with Crippen LogP contribution in [0.15, 0.2) is 24.5 Å². The van der Waals surface area contributed by atoms with Crippen LogP contribution in [0.25, 0.3) is 21.7 Å². The molecule has 170 valence electrons. The Kier molecular flexibility index (Phi) is 6.60. The molecule has 0 spiro atoms. The molecule has 0 bridgehead atoms. The lowest BCUT2D eigenvalue weighted by atomic mass is 9.71. The topological polar surface area (TPSA) is 97.0 Å². The molecule has 0 aromatic carbocycles. The van der Waals surface area contributed by atoms with Gasteiger partial charge in [0.25, 0.3) is 0 Å². The highest BCUT2D eigenvalue weighted by Crippen LogP contribution is 2.40. The first-order valence-corrected chi connectivity index (χ1v) is 12.2. The number of amides is 1. The number of hydrogen-bond acceptors (Lipinski definition) is 6. The fraction of sp³-hybridized carbons (Fsp3) is 0.500. The largest absolute Gasteiger partial charge is 0.413 e. The maximum atomic E-state index is 13.4. The van der Waals surface area contributed by atoms with E-state index in [1.54, 1.807) is 18.5 Å². The van der Waals surface area contributed by atoms with Gasteiger partial charge in [-0.2, -0.15) is 0 Å². The number of ketones is 1. The summed E-state index contributed by atoms with van der Waals surface area (Å²) in [6.45, 7) is 6.13. The number of ether oxygens (including phenoxy) is 1. The molecule has 4 rings (SSSR count). The predicted octanol–water partition coefficient (Wildman–Crippen LogP) is 6.12. The van der Waals surface area contributed by atoms with Gasteiger partial charge in [0.05, 0.1) is 22.3 Å². The first kappa shape index (κ1) is 22.5. The average molecular weight is 455 g/mol. The Hall–Kier alpha value is -2.74. The molecular weight excluding hydrogens is 424 g/mol. The van der Waals surface area contributed by atoms with Crippen LogP contribution in [-0.2, 0) is 0 Å². The molecule has 7 nitrogen and oxygen atoms in total. The number of nitrogens with zero attached hydrogens (tertiary/aromatic N) is 2. The van der Waals surface area contributed by atoms with E-state index in [-0.39, 0.29) is 17.2 Å². The van der Waals surface area contributed by atoms with Crippen LogP contribution in [0.1, 0.15) is 76.1 Å². The number of thiophene rings is 1. The molecule has 0 atom stereocenters. The minimum absolute atomic E-state index is 0.103. The van der Waals surface area contributed by atoms with Crippen LogP contribution in [0.3, 0.4) is 0 Å². The van der Waals surface area contributed by atoms with Gasteiger partial charge in [0.15, 0.2) is 16.5 Å². The van der Waals surface area contributed by atoms with E-state index in [2.05, 4.69) is 22.2 Å². The van der Waals surface area contributed by atoms with Crippen molar-refractivity contribution in [2.75, 3.05) is 0 Å². The van der Waals surface area contributed by atoms with E-state index in [1.807, 2.05) is 19.9 Å². The third-order valence-corrected chi connectivity index (χ3v) is 7.45. The zero-order chi connectivity index (χ0) is 22.7. The first-order chi connectivity index (χ1) is 15.4. The van der Waals surface area contributed by atoms with Gasteiger partial charge in [0.1, 0.15) is 5.52 Å². The Labute approximate surface area is 192 Å². The Morgan fingerprint density at radius 3 is 2.69 bits per heavy atom. The maximum Gasteiger partial charge on any atom is 0.413 e. The van der Waals surface area contributed by atoms with E-state index >= 15 is 0 Å². The molecule has 0 unspecified atom stereocenters. The molecule has 1 amide bonds. The van der Waals surface area contributed by atoms with E-state index in [9.17, 15) is 9.59 Å². The Bertz CT molecular complexity index is 1110. The van der Waals surface area contributed by atoms with Crippen LogP contribution in [0.5, 0.6) is 5.06 Å². The third kappa shape index (κ3) is 4.55. The lowest BCUT2D eigenvalue weighted by Crippen LogP contribution is -2.35. The van der Waals surface area contributed by atoms with Crippen molar-refractivity contribution in [1.82, 2.24) is 20.3 Å². The number of nitrogens with one attached hydrogen (secondary N) is 2. The van der Waals surface area contributed by atoms with Crippen LogP contribution < -0.4 is 10.1 Å². The minimum atomic E-state index is -0.451. The Morgan fingerprint density at radius 2 is 1.97 bits per heavy atom. The van der Waals surface area contributed by atoms with Crippen LogP contribution in [0, 0.1) is 5.41 Å². The zero-order valence-electron chi connectivity index (χ0n) is 18.9. The first-order valence-electron chi connectivity index (χ1n) is 11.4. The van der Waals surface area contributed by atoms with Gasteiger partial charge in [-0.25, -0.2) is 14.8 Å². The predicted molar refractivity (Wildman–Crippen MR) is 126 cm³/mol. The van der Waals surface area contributed by atoms with E-state index in [4.69, 9.17) is 9.72 Å². The molecule has 1 aliphatic rings. The number of hydrogen-bond donors (Lipinski definition) is 2. The lowest BCUT2D eigenvalue weighted by Gasteiger charge is -2.31. The summed E-state index contributed by atoms with van der Waals surface area (Å²) in [6.07, 6.45) is 9.87. The third-order valence-electron chi connectivity index (χ3n) is 6.47. The van der Waals surface area contributed by atoms with Crippen molar-refractivity contribution in [2.24, 2.45) is 5.41 Å². The molecule has 1 saturated carbocycles. The van der Waals surface area contributed by atoms with Crippen molar-refractivity contribution in [1.29, 1.82) is 0 Å². The molecule has 0 radical (unpaired) electrons. The summed E-state index contributed by atoms with van der Waals surface area (Å²) >= 11 is 1.33. The number of rotatable bonds is 7. The van der Waals surface area contributed by atoms with Gasteiger partial charge in [0, 0.05) is 17.7 Å². The van der Waals surface area contributed by atoms with E-state index in [0.29, 0.717) is 27.5 Å². The quantitative estimate of drug-likeness (QED) is 0.419. The summed E-state index contributed by atoms with van der Waals surface area (Å²) in [4.78, 5) is 38.6. The molecule has 0 aliphatic heterocycles. The maximum absolute atomic E-state index is 13.4. The highest BCUT2D eigenvalue weighted by molar-refractivity contribution is 7.17. The second kappa shape index (κ2) is 9.40. The zero-order valence-corrected chi connectivity index (χ0v) is 19.7. The molecular formula is C24H30N4O3S. The SMILES string of the molecule is CCC(CC)NC(=O)Oc1ccc(-c2cnc3[nH]cc(C(=O)C4(C)CCCCC4)c3n2)s1. The fourth-order valence-corrected chi connectivity index (χ4v) is 5.17. The van der Waals surface area contributed by atoms with Gasteiger partial charge in [-0.3, -0.25) is 4.79 Å². The van der Waals surface area contributed by atoms with Crippen molar-refractivity contribution in [3.8, 4) is 15.6 Å². The number of aromatic nitrogens is 3. The molecule has 2 N–H and O–H groups in total. The van der Waals surface area contributed by atoms with Crippen LogP contribution in [-0.4, -0.2) is 32.9 Å². The summed E-state index contributed by atoms with van der Waals surface area (Å²) in [5.41, 5.74) is 2.13. The molecule has 0 saturated heterocycles. The monoisotopic (exact) mass is 454 g/mol. The summed E-state index contributed by atoms with van der Waals surface area (Å²) in [6, 6.07) is 3.72. The van der Waals surface area contributed by atoms with Gasteiger partial charge in [-0.1, -0.05) is 51.4 Å². The summed E-state index contributed by atoms with van der Waals surface area (Å²) in [5, 5.41) is 3.36. The van der Waals surface area contributed by atoms with E-state index in [1.165, 1.54) is 17.8 Å². The van der Waals surface area contributed by atoms with E-state index < -0.39 is 6.09 Å². The molecule has 32 heavy (non-hydrogen) atoms. The van der Waals surface area contributed by atoms with Crippen molar-refractivity contribution in [3.63, 3.8) is 0 Å². The summed E-state index contributed by atoms with van der Waals surface area (Å²) in [5.74, 6) is 0.142. The molecule has 1 fully saturated rings. The van der Waals surface area contributed by atoms with Crippen molar-refractivity contribution in [3.05, 3.63) is 30.1 Å². The van der Waals surface area contributed by atoms with Crippen LogP contribution >= 0.6 is 11.3 Å². The van der Waals surface area contributed by atoms with Gasteiger partial charge in [0.2, 0.25) is 0 Å². The standard InChI is InChI=1S/C24H30N4O3S/c1-4-15(5-2)27-23(30)31-19-10-9-18(32-19)17-14-26-22-20(28-17)16(13-25-22)21(29)24(3)11-7-6-8-12-24/h9-10,13-15H,4-8,11-12H2,1-3H3,(H,25,26)(H,27,30). The van der Waals surface area contributed by atoms with Crippen LogP contribution in [0.4, 0.5) is 4.79 Å². The number of Topliss-reactive ketones (excluding diaryl/α,β-unsaturated/α-hetero) is 1. The smallest absolute Gasteiger partial charge is 0.399 e. The highest BCUT2D eigenvalue weighted by Gasteiger charge is 2.36. The molecule has 8 heteroatoms.